The number of rotatable bonds is 7. The normalized spacial score (nSPS) is 15.8. The van der Waals surface area contributed by atoms with E-state index in [-0.39, 0.29) is 11.3 Å². The molecule has 8 heteroatoms. The van der Waals surface area contributed by atoms with Gasteiger partial charge in [0.1, 0.15) is 0 Å². The number of carbonyl (C=O) groups is 1. The molecule has 2 aliphatic rings. The lowest BCUT2D eigenvalue weighted by atomic mass is 9.83. The molecule has 0 atom stereocenters. The molecule has 0 amide bonds. The van der Waals surface area contributed by atoms with E-state index in [0.717, 1.165) is 68.0 Å². The fraction of sp³-hybridized carbons (Fsp3) is 0.375. The second-order valence-corrected chi connectivity index (χ2v) is 11.7. The fourth-order valence-electron chi connectivity index (χ4n) is 5.96. The summed E-state index contributed by atoms with van der Waals surface area (Å²) in [4.78, 5) is 30.2. The number of nitrogens with zero attached hydrogens (tertiary/aromatic N) is 3. The highest BCUT2D eigenvalue weighted by Crippen LogP contribution is 2.38. The number of carboxylic acid groups (broad SMARTS) is 1. The van der Waals surface area contributed by atoms with Crippen LogP contribution in [0.1, 0.15) is 66.6 Å². The van der Waals surface area contributed by atoms with Crippen molar-refractivity contribution in [3.63, 3.8) is 0 Å². The van der Waals surface area contributed by atoms with Gasteiger partial charge in [-0.05, 0) is 99.4 Å². The van der Waals surface area contributed by atoms with Crippen LogP contribution in [0.2, 0.25) is 5.02 Å². The molecule has 2 heterocycles. The number of hydrogen-bond donors (Lipinski definition) is 1. The summed E-state index contributed by atoms with van der Waals surface area (Å²) in [6.45, 7) is 5.80. The monoisotopic (exact) mass is 559 g/mol. The van der Waals surface area contributed by atoms with Crippen LogP contribution in [0.4, 0.5) is 5.69 Å². The van der Waals surface area contributed by atoms with E-state index < -0.39 is 16.3 Å². The topological polar surface area (TPSA) is 96.6 Å². The molecular formula is C32H34ClN3O4. The van der Waals surface area contributed by atoms with Crippen LogP contribution in [-0.2, 0) is 29.5 Å². The summed E-state index contributed by atoms with van der Waals surface area (Å²) in [6, 6.07) is 15.4. The molecule has 0 unspecified atom stereocenters. The average molecular weight is 560 g/mol. The Balaban J connectivity index is 1.28. The van der Waals surface area contributed by atoms with Crippen LogP contribution in [0, 0.1) is 10.1 Å². The number of pyridine rings is 1. The van der Waals surface area contributed by atoms with Gasteiger partial charge in [-0.3, -0.25) is 19.9 Å². The summed E-state index contributed by atoms with van der Waals surface area (Å²) in [6.07, 6.45) is 7.29. The standard InChI is InChI=1S/C32H34ClN3O4/c1-32(2,31(37)38)27-12-7-21(19-28(27)36(39)40)5-4-16-35-17-13-22(14-18-35)29-26-11-10-25(33)20-24(26)9-8-23-6-3-15-34-30(23)29/h3,6-7,10-12,15,19-20H,4-5,8-9,13-14,16-18H2,1-2H3,(H,37,38). The largest absolute Gasteiger partial charge is 0.481 e. The summed E-state index contributed by atoms with van der Waals surface area (Å²) in [7, 11) is 0. The van der Waals surface area contributed by atoms with E-state index in [4.69, 9.17) is 16.6 Å². The zero-order valence-electron chi connectivity index (χ0n) is 23.0. The minimum absolute atomic E-state index is 0.127. The van der Waals surface area contributed by atoms with E-state index in [0.29, 0.717) is 6.42 Å². The number of nitro benzene ring substituents is 1. The summed E-state index contributed by atoms with van der Waals surface area (Å²) >= 11 is 6.36. The van der Waals surface area contributed by atoms with Gasteiger partial charge >= 0.3 is 5.97 Å². The van der Waals surface area contributed by atoms with E-state index >= 15 is 0 Å². The molecule has 208 valence electrons. The van der Waals surface area contributed by atoms with Gasteiger partial charge in [-0.15, -0.1) is 0 Å². The first-order chi connectivity index (χ1) is 19.1. The Morgan fingerprint density at radius 3 is 2.55 bits per heavy atom. The van der Waals surface area contributed by atoms with Crippen molar-refractivity contribution in [3.8, 4) is 0 Å². The van der Waals surface area contributed by atoms with Gasteiger partial charge in [0.15, 0.2) is 0 Å². The minimum atomic E-state index is -1.33. The van der Waals surface area contributed by atoms with Crippen LogP contribution < -0.4 is 0 Å². The van der Waals surface area contributed by atoms with Crippen LogP contribution in [0.3, 0.4) is 0 Å². The smallest absolute Gasteiger partial charge is 0.313 e. The lowest BCUT2D eigenvalue weighted by Crippen LogP contribution is -2.32. The molecule has 0 bridgehead atoms. The number of carboxylic acids is 1. The Labute approximate surface area is 239 Å². The lowest BCUT2D eigenvalue weighted by molar-refractivity contribution is -0.386. The zero-order valence-corrected chi connectivity index (χ0v) is 23.7. The number of hydrogen-bond acceptors (Lipinski definition) is 5. The van der Waals surface area contributed by atoms with E-state index in [1.807, 2.05) is 24.4 Å². The van der Waals surface area contributed by atoms with E-state index in [2.05, 4.69) is 23.1 Å². The lowest BCUT2D eigenvalue weighted by Gasteiger charge is -2.30. The van der Waals surface area contributed by atoms with Crippen LogP contribution in [0.5, 0.6) is 0 Å². The maximum atomic E-state index is 11.7. The number of fused-ring (bicyclic) bond motifs is 2. The summed E-state index contributed by atoms with van der Waals surface area (Å²) < 4.78 is 0. The van der Waals surface area contributed by atoms with Crippen molar-refractivity contribution in [2.45, 2.75) is 57.8 Å². The molecule has 1 saturated heterocycles. The van der Waals surface area contributed by atoms with Gasteiger partial charge in [-0.2, -0.15) is 0 Å². The van der Waals surface area contributed by atoms with Gasteiger partial charge in [0.05, 0.1) is 16.0 Å². The second kappa shape index (κ2) is 11.5. The molecule has 1 fully saturated rings. The van der Waals surface area contributed by atoms with Crippen molar-refractivity contribution < 1.29 is 14.8 Å². The first kappa shape index (κ1) is 28.0. The molecular weight excluding hydrogens is 526 g/mol. The summed E-state index contributed by atoms with van der Waals surface area (Å²) in [5.41, 5.74) is 7.25. The van der Waals surface area contributed by atoms with Gasteiger partial charge in [0, 0.05) is 41.5 Å². The molecule has 40 heavy (non-hydrogen) atoms. The van der Waals surface area contributed by atoms with E-state index in [1.54, 1.807) is 12.1 Å². The van der Waals surface area contributed by atoms with Crippen molar-refractivity contribution in [2.75, 3.05) is 19.6 Å². The third kappa shape index (κ3) is 5.67. The average Bonchev–Trinajstić information content (AvgIpc) is 3.10. The quantitative estimate of drug-likeness (QED) is 0.258. The summed E-state index contributed by atoms with van der Waals surface area (Å²) in [5, 5.41) is 22.0. The first-order valence-electron chi connectivity index (χ1n) is 13.8. The van der Waals surface area contributed by atoms with Gasteiger partial charge in [-0.25, -0.2) is 0 Å². The van der Waals surface area contributed by atoms with Gasteiger partial charge in [0.25, 0.3) is 5.69 Å². The third-order valence-electron chi connectivity index (χ3n) is 8.35. The SMILES string of the molecule is CC(C)(C(=O)O)c1ccc(CCCN2CCC(=C3c4ccc(Cl)cc4CCc4cccnc43)CC2)cc1[N+](=O)[O-]. The third-order valence-corrected chi connectivity index (χ3v) is 8.58. The van der Waals surface area contributed by atoms with Crippen molar-refractivity contribution >= 4 is 28.8 Å². The highest BCUT2D eigenvalue weighted by atomic mass is 35.5. The zero-order chi connectivity index (χ0) is 28.4. The second-order valence-electron chi connectivity index (χ2n) is 11.3. The Hall–Kier alpha value is -3.55. The Bertz CT molecular complexity index is 1490. The predicted molar refractivity (Wildman–Crippen MR) is 157 cm³/mol. The number of piperidine rings is 1. The molecule has 1 aromatic heterocycles. The number of aliphatic carboxylic acids is 1. The van der Waals surface area contributed by atoms with E-state index in [9.17, 15) is 20.0 Å². The van der Waals surface area contributed by atoms with Crippen LogP contribution >= 0.6 is 11.6 Å². The molecule has 1 N–H and O–H groups in total. The van der Waals surface area contributed by atoms with Crippen LogP contribution in [0.15, 0.2) is 60.3 Å². The molecule has 0 spiro atoms. The molecule has 3 aromatic rings. The van der Waals surface area contributed by atoms with Crippen molar-refractivity contribution in [1.82, 2.24) is 9.88 Å². The van der Waals surface area contributed by atoms with Gasteiger partial charge in [0.2, 0.25) is 0 Å². The maximum Gasteiger partial charge on any atom is 0.313 e. The Morgan fingerprint density at radius 2 is 1.82 bits per heavy atom. The molecule has 1 aliphatic carbocycles. The number of aromatic nitrogens is 1. The number of benzene rings is 2. The number of halogens is 1. The number of likely N-dealkylation sites (tertiary alicyclic amines) is 1. The number of nitro groups is 1. The van der Waals surface area contributed by atoms with Crippen LogP contribution in [-0.4, -0.2) is 45.5 Å². The highest BCUT2D eigenvalue weighted by Gasteiger charge is 2.36. The molecule has 5 rings (SSSR count). The predicted octanol–water partition coefficient (Wildman–Crippen LogP) is 6.63. The molecule has 2 aromatic carbocycles. The van der Waals surface area contributed by atoms with E-state index in [1.165, 1.54) is 41.7 Å². The first-order valence-corrected chi connectivity index (χ1v) is 14.2. The van der Waals surface area contributed by atoms with Crippen LogP contribution in [0.25, 0.3) is 5.57 Å². The minimum Gasteiger partial charge on any atom is -0.481 e. The van der Waals surface area contributed by atoms with Gasteiger partial charge < -0.3 is 10.0 Å². The molecule has 1 aliphatic heterocycles. The summed E-state index contributed by atoms with van der Waals surface area (Å²) in [5.74, 6) is -1.09. The molecule has 7 nitrogen and oxygen atoms in total. The molecule has 0 saturated carbocycles. The van der Waals surface area contributed by atoms with Crippen molar-refractivity contribution in [2.24, 2.45) is 0 Å². The fourth-order valence-corrected chi connectivity index (χ4v) is 6.16. The number of aryl methyl sites for hydroxylation is 3. The maximum absolute atomic E-state index is 11.7. The van der Waals surface area contributed by atoms with Crippen molar-refractivity contribution in [1.29, 1.82) is 0 Å². The Kier molecular flexibility index (Phi) is 8.06. The Morgan fingerprint density at radius 1 is 1.07 bits per heavy atom. The highest BCUT2D eigenvalue weighted by molar-refractivity contribution is 6.30. The van der Waals surface area contributed by atoms with Gasteiger partial charge in [-0.1, -0.05) is 41.4 Å². The van der Waals surface area contributed by atoms with Crippen molar-refractivity contribution in [3.05, 3.63) is 109 Å². The molecule has 0 radical (unpaired) electrons.